The molecule has 1 aromatic carbocycles. The molecule has 4 heteroatoms. The monoisotopic (exact) mass is 298 g/mol. The normalized spacial score (nSPS) is 12.2. The minimum absolute atomic E-state index is 0.287. The van der Waals surface area contributed by atoms with Gasteiger partial charge >= 0.3 is 0 Å². The second-order valence-electron chi connectivity index (χ2n) is 5.84. The van der Waals surface area contributed by atoms with Crippen LogP contribution in [-0.4, -0.2) is 12.3 Å². The van der Waals surface area contributed by atoms with Crippen molar-refractivity contribution >= 4 is 0 Å². The maximum atomic E-state index is 9.65. The molecule has 0 saturated carbocycles. The molecule has 1 atom stereocenters. The van der Waals surface area contributed by atoms with Crippen molar-refractivity contribution in [2.75, 3.05) is 7.11 Å². The van der Waals surface area contributed by atoms with Gasteiger partial charge in [0.1, 0.15) is 11.5 Å². The highest BCUT2D eigenvalue weighted by molar-refractivity contribution is 5.44. The molecule has 0 bridgehead atoms. The van der Waals surface area contributed by atoms with Crippen LogP contribution in [0.15, 0.2) is 22.7 Å². The van der Waals surface area contributed by atoms with Crippen LogP contribution in [0.2, 0.25) is 0 Å². The molecule has 2 rings (SSSR count). The van der Waals surface area contributed by atoms with Crippen LogP contribution in [0.1, 0.15) is 53.8 Å². The van der Waals surface area contributed by atoms with E-state index in [4.69, 9.17) is 9.26 Å². The molecule has 0 saturated heterocycles. The zero-order valence-corrected chi connectivity index (χ0v) is 13.8. The summed E-state index contributed by atoms with van der Waals surface area (Å²) in [5.74, 6) is 1.65. The van der Waals surface area contributed by atoms with Gasteiger partial charge in [-0.05, 0) is 37.8 Å². The van der Waals surface area contributed by atoms with Gasteiger partial charge in [-0.25, -0.2) is 0 Å². The fourth-order valence-electron chi connectivity index (χ4n) is 2.61. The summed E-state index contributed by atoms with van der Waals surface area (Å²) in [4.78, 5) is 0. The maximum Gasteiger partial charge on any atom is 0.137 e. The standard InChI is InChI=1S/C18H22N2O2/c1-11(2)14-6-7-18(21-5)17(8-14)15(10-19)9-16-12(3)20-22-13(16)4/h6-8,11,15H,9H2,1-5H3. The summed E-state index contributed by atoms with van der Waals surface area (Å²) in [5, 5.41) is 13.6. The summed E-state index contributed by atoms with van der Waals surface area (Å²) < 4.78 is 10.7. The zero-order chi connectivity index (χ0) is 16.3. The van der Waals surface area contributed by atoms with Crippen LogP contribution in [0, 0.1) is 25.2 Å². The van der Waals surface area contributed by atoms with Crippen LogP contribution in [0.4, 0.5) is 0 Å². The number of benzene rings is 1. The first-order valence-corrected chi connectivity index (χ1v) is 7.47. The van der Waals surface area contributed by atoms with E-state index in [1.807, 2.05) is 19.9 Å². The van der Waals surface area contributed by atoms with Crippen LogP contribution in [0.25, 0.3) is 0 Å². The Hall–Kier alpha value is -2.28. The van der Waals surface area contributed by atoms with Gasteiger partial charge in [-0.15, -0.1) is 0 Å². The summed E-state index contributed by atoms with van der Waals surface area (Å²) >= 11 is 0. The van der Waals surface area contributed by atoms with E-state index in [1.54, 1.807) is 7.11 Å². The Morgan fingerprint density at radius 2 is 2.05 bits per heavy atom. The van der Waals surface area contributed by atoms with Crippen LogP contribution in [0.5, 0.6) is 5.75 Å². The van der Waals surface area contributed by atoms with Gasteiger partial charge in [0, 0.05) is 11.1 Å². The highest BCUT2D eigenvalue weighted by Crippen LogP contribution is 2.33. The summed E-state index contributed by atoms with van der Waals surface area (Å²) in [7, 11) is 1.64. The van der Waals surface area contributed by atoms with Gasteiger partial charge < -0.3 is 9.26 Å². The van der Waals surface area contributed by atoms with Crippen molar-refractivity contribution in [3.8, 4) is 11.8 Å². The van der Waals surface area contributed by atoms with Gasteiger partial charge in [-0.2, -0.15) is 5.26 Å². The van der Waals surface area contributed by atoms with Crippen molar-refractivity contribution in [3.05, 3.63) is 46.3 Å². The first-order chi connectivity index (χ1) is 10.5. The molecule has 0 radical (unpaired) electrons. The molecule has 0 aliphatic heterocycles. The first kappa shape index (κ1) is 16.1. The number of aromatic nitrogens is 1. The topological polar surface area (TPSA) is 59.0 Å². The van der Waals surface area contributed by atoms with E-state index in [0.29, 0.717) is 12.3 Å². The number of nitrogens with zero attached hydrogens (tertiary/aromatic N) is 2. The van der Waals surface area contributed by atoms with Gasteiger partial charge in [0.05, 0.1) is 24.8 Å². The highest BCUT2D eigenvalue weighted by atomic mass is 16.5. The molecule has 4 nitrogen and oxygen atoms in total. The van der Waals surface area contributed by atoms with E-state index >= 15 is 0 Å². The number of nitriles is 1. The molecule has 0 aliphatic carbocycles. The molecule has 1 aromatic heterocycles. The highest BCUT2D eigenvalue weighted by Gasteiger charge is 2.21. The van der Waals surface area contributed by atoms with E-state index in [0.717, 1.165) is 28.3 Å². The van der Waals surface area contributed by atoms with Crippen LogP contribution < -0.4 is 4.74 Å². The number of hydrogen-bond donors (Lipinski definition) is 0. The van der Waals surface area contributed by atoms with Gasteiger partial charge in [-0.1, -0.05) is 31.1 Å². The Kier molecular flexibility index (Phi) is 4.87. The van der Waals surface area contributed by atoms with Crippen molar-refractivity contribution < 1.29 is 9.26 Å². The molecular formula is C18H22N2O2. The van der Waals surface area contributed by atoms with E-state index in [9.17, 15) is 5.26 Å². The van der Waals surface area contributed by atoms with Crippen molar-refractivity contribution in [1.29, 1.82) is 5.26 Å². The lowest BCUT2D eigenvalue weighted by atomic mass is 9.89. The third-order valence-corrected chi connectivity index (χ3v) is 4.04. The molecule has 2 aromatic rings. The molecule has 1 unspecified atom stereocenters. The molecule has 0 fully saturated rings. The number of ether oxygens (including phenoxy) is 1. The van der Waals surface area contributed by atoms with Gasteiger partial charge in [-0.3, -0.25) is 0 Å². The third-order valence-electron chi connectivity index (χ3n) is 4.04. The van der Waals surface area contributed by atoms with Crippen molar-refractivity contribution in [2.45, 2.75) is 46.0 Å². The molecule has 1 heterocycles. The van der Waals surface area contributed by atoms with Gasteiger partial charge in [0.25, 0.3) is 0 Å². The Morgan fingerprint density at radius 1 is 1.32 bits per heavy atom. The molecule has 116 valence electrons. The number of rotatable bonds is 5. The predicted octanol–water partition coefficient (Wildman–Crippen LogP) is 4.27. The minimum atomic E-state index is -0.287. The lowest BCUT2D eigenvalue weighted by Crippen LogP contribution is -2.05. The van der Waals surface area contributed by atoms with Crippen molar-refractivity contribution in [2.24, 2.45) is 0 Å². The lowest BCUT2D eigenvalue weighted by molar-refractivity contribution is 0.392. The van der Waals surface area contributed by atoms with E-state index < -0.39 is 0 Å². The van der Waals surface area contributed by atoms with Crippen molar-refractivity contribution in [1.82, 2.24) is 5.16 Å². The molecule has 0 N–H and O–H groups in total. The number of methoxy groups -OCH3 is 1. The van der Waals surface area contributed by atoms with E-state index in [-0.39, 0.29) is 5.92 Å². The largest absolute Gasteiger partial charge is 0.496 e. The fourth-order valence-corrected chi connectivity index (χ4v) is 2.61. The average molecular weight is 298 g/mol. The second kappa shape index (κ2) is 6.65. The molecule has 0 aliphatic rings. The molecular weight excluding hydrogens is 276 g/mol. The minimum Gasteiger partial charge on any atom is -0.496 e. The van der Waals surface area contributed by atoms with Crippen LogP contribution in [-0.2, 0) is 6.42 Å². The Morgan fingerprint density at radius 3 is 2.55 bits per heavy atom. The van der Waals surface area contributed by atoms with E-state index in [2.05, 4.69) is 37.2 Å². The zero-order valence-electron chi connectivity index (χ0n) is 13.8. The maximum absolute atomic E-state index is 9.65. The third kappa shape index (κ3) is 3.14. The molecule has 0 spiro atoms. The predicted molar refractivity (Wildman–Crippen MR) is 85.1 cm³/mol. The van der Waals surface area contributed by atoms with Crippen LogP contribution >= 0.6 is 0 Å². The fraction of sp³-hybridized carbons (Fsp3) is 0.444. The van der Waals surface area contributed by atoms with Gasteiger partial charge in [0.15, 0.2) is 0 Å². The number of hydrogen-bond acceptors (Lipinski definition) is 4. The summed E-state index contributed by atoms with van der Waals surface area (Å²) in [5.41, 5.74) is 3.98. The summed E-state index contributed by atoms with van der Waals surface area (Å²) in [6, 6.07) is 8.48. The Bertz CT molecular complexity index is 676. The first-order valence-electron chi connectivity index (χ1n) is 7.47. The smallest absolute Gasteiger partial charge is 0.137 e. The summed E-state index contributed by atoms with van der Waals surface area (Å²) in [6.07, 6.45) is 0.579. The lowest BCUT2D eigenvalue weighted by Gasteiger charge is -2.16. The molecule has 0 amide bonds. The number of aryl methyl sites for hydroxylation is 2. The SMILES string of the molecule is COc1ccc(C(C)C)cc1C(C#N)Cc1c(C)noc1C. The second-order valence-corrected chi connectivity index (χ2v) is 5.84. The van der Waals surface area contributed by atoms with E-state index in [1.165, 1.54) is 5.56 Å². The average Bonchev–Trinajstić information content (AvgIpc) is 2.83. The summed E-state index contributed by atoms with van der Waals surface area (Å²) in [6.45, 7) is 8.07. The van der Waals surface area contributed by atoms with Crippen molar-refractivity contribution in [3.63, 3.8) is 0 Å². The van der Waals surface area contributed by atoms with Crippen LogP contribution in [0.3, 0.4) is 0 Å². The van der Waals surface area contributed by atoms with Gasteiger partial charge in [0.2, 0.25) is 0 Å². The Balaban J connectivity index is 2.42. The molecule has 22 heavy (non-hydrogen) atoms. The quantitative estimate of drug-likeness (QED) is 0.827. The Labute approximate surface area is 131 Å².